The van der Waals surface area contributed by atoms with Crippen LogP contribution >= 0.6 is 0 Å². The summed E-state index contributed by atoms with van der Waals surface area (Å²) in [5.74, 6) is 0.570. The molecule has 0 bridgehead atoms. The Morgan fingerprint density at radius 3 is 2.50 bits per heavy atom. The van der Waals surface area contributed by atoms with E-state index in [9.17, 15) is 4.79 Å². The number of amides is 1. The first-order chi connectivity index (χ1) is 7.74. The first-order valence-corrected chi connectivity index (χ1v) is 5.85. The SMILES string of the molecule is NC(=O)Cc1ccc(NCC2CCC2)cc1. The maximum absolute atomic E-state index is 10.7. The Bertz CT molecular complexity index is 355. The second kappa shape index (κ2) is 5.01. The van der Waals surface area contributed by atoms with E-state index in [0.29, 0.717) is 6.42 Å². The van der Waals surface area contributed by atoms with Gasteiger partial charge in [-0.25, -0.2) is 0 Å². The summed E-state index contributed by atoms with van der Waals surface area (Å²) in [6.07, 6.45) is 4.41. The molecule has 1 aromatic carbocycles. The van der Waals surface area contributed by atoms with Crippen molar-refractivity contribution in [2.45, 2.75) is 25.7 Å². The number of nitrogens with two attached hydrogens (primary N) is 1. The fraction of sp³-hybridized carbons (Fsp3) is 0.462. The number of carbonyl (C=O) groups excluding carboxylic acids is 1. The maximum Gasteiger partial charge on any atom is 0.221 e. The van der Waals surface area contributed by atoms with Crippen molar-refractivity contribution >= 4 is 11.6 Å². The zero-order valence-electron chi connectivity index (χ0n) is 9.41. The van der Waals surface area contributed by atoms with Gasteiger partial charge in [0.25, 0.3) is 0 Å². The minimum Gasteiger partial charge on any atom is -0.385 e. The second-order valence-electron chi connectivity index (χ2n) is 4.52. The minimum absolute atomic E-state index is 0.282. The lowest BCUT2D eigenvalue weighted by Crippen LogP contribution is -2.20. The van der Waals surface area contributed by atoms with Gasteiger partial charge in [-0.1, -0.05) is 18.6 Å². The predicted octanol–water partition coefficient (Wildman–Crippen LogP) is 1.93. The summed E-state index contributed by atoms with van der Waals surface area (Å²) in [6, 6.07) is 7.93. The highest BCUT2D eigenvalue weighted by Crippen LogP contribution is 2.26. The van der Waals surface area contributed by atoms with Crippen molar-refractivity contribution in [2.75, 3.05) is 11.9 Å². The Labute approximate surface area is 96.0 Å². The van der Waals surface area contributed by atoms with Crippen LogP contribution in [0.1, 0.15) is 24.8 Å². The van der Waals surface area contributed by atoms with Crippen molar-refractivity contribution in [2.24, 2.45) is 11.7 Å². The Hall–Kier alpha value is -1.51. The molecule has 0 aromatic heterocycles. The number of hydrogen-bond donors (Lipinski definition) is 2. The molecule has 0 radical (unpaired) electrons. The van der Waals surface area contributed by atoms with E-state index in [2.05, 4.69) is 5.32 Å². The van der Waals surface area contributed by atoms with E-state index >= 15 is 0 Å². The highest BCUT2D eigenvalue weighted by atomic mass is 16.1. The van der Waals surface area contributed by atoms with Crippen LogP contribution in [0.3, 0.4) is 0 Å². The summed E-state index contributed by atoms with van der Waals surface area (Å²) in [4.78, 5) is 10.7. The Kier molecular flexibility index (Phi) is 3.44. The number of carbonyl (C=O) groups is 1. The molecule has 1 fully saturated rings. The van der Waals surface area contributed by atoms with Crippen molar-refractivity contribution in [3.8, 4) is 0 Å². The van der Waals surface area contributed by atoms with Crippen molar-refractivity contribution in [1.29, 1.82) is 0 Å². The van der Waals surface area contributed by atoms with Crippen LogP contribution in [0, 0.1) is 5.92 Å². The Morgan fingerprint density at radius 2 is 2.00 bits per heavy atom. The molecule has 0 saturated heterocycles. The lowest BCUT2D eigenvalue weighted by molar-refractivity contribution is -0.117. The van der Waals surface area contributed by atoms with Crippen LogP contribution in [0.5, 0.6) is 0 Å². The van der Waals surface area contributed by atoms with Crippen molar-refractivity contribution in [1.82, 2.24) is 0 Å². The summed E-state index contributed by atoms with van der Waals surface area (Å²) in [6.45, 7) is 1.06. The number of primary amides is 1. The first-order valence-electron chi connectivity index (χ1n) is 5.85. The van der Waals surface area contributed by atoms with Gasteiger partial charge < -0.3 is 11.1 Å². The highest BCUT2D eigenvalue weighted by Gasteiger charge is 2.16. The molecule has 3 nitrogen and oxygen atoms in total. The molecule has 3 heteroatoms. The van der Waals surface area contributed by atoms with Crippen LogP contribution in [-0.2, 0) is 11.2 Å². The topological polar surface area (TPSA) is 55.1 Å². The number of benzene rings is 1. The third-order valence-electron chi connectivity index (χ3n) is 3.15. The standard InChI is InChI=1S/C13H18N2O/c14-13(16)8-10-4-6-12(7-5-10)15-9-11-2-1-3-11/h4-7,11,15H,1-3,8-9H2,(H2,14,16). The molecule has 16 heavy (non-hydrogen) atoms. The molecule has 2 rings (SSSR count). The zero-order valence-corrected chi connectivity index (χ0v) is 9.41. The normalized spacial score (nSPS) is 15.5. The van der Waals surface area contributed by atoms with Gasteiger partial charge in [0.1, 0.15) is 0 Å². The van der Waals surface area contributed by atoms with Gasteiger partial charge in [0, 0.05) is 12.2 Å². The Balaban J connectivity index is 1.83. The molecule has 0 aliphatic heterocycles. The molecular weight excluding hydrogens is 200 g/mol. The van der Waals surface area contributed by atoms with Crippen molar-refractivity contribution < 1.29 is 4.79 Å². The maximum atomic E-state index is 10.7. The van der Waals surface area contributed by atoms with Gasteiger partial charge in [-0.2, -0.15) is 0 Å². The number of anilines is 1. The smallest absolute Gasteiger partial charge is 0.221 e. The second-order valence-corrected chi connectivity index (χ2v) is 4.52. The van der Waals surface area contributed by atoms with Crippen molar-refractivity contribution in [3.05, 3.63) is 29.8 Å². The van der Waals surface area contributed by atoms with Crippen molar-refractivity contribution in [3.63, 3.8) is 0 Å². The summed E-state index contributed by atoms with van der Waals surface area (Å²) in [5.41, 5.74) is 7.23. The van der Waals surface area contributed by atoms with Crippen LogP contribution in [0.25, 0.3) is 0 Å². The van der Waals surface area contributed by atoms with Gasteiger partial charge in [-0.15, -0.1) is 0 Å². The van der Waals surface area contributed by atoms with Crippen LogP contribution in [0.15, 0.2) is 24.3 Å². The van der Waals surface area contributed by atoms with Crippen LogP contribution in [0.4, 0.5) is 5.69 Å². The van der Waals surface area contributed by atoms with E-state index in [1.165, 1.54) is 19.3 Å². The van der Waals surface area contributed by atoms with Gasteiger partial charge >= 0.3 is 0 Å². The van der Waals surface area contributed by atoms with E-state index in [4.69, 9.17) is 5.73 Å². The fourth-order valence-corrected chi connectivity index (χ4v) is 1.90. The van der Waals surface area contributed by atoms with Gasteiger partial charge in [-0.05, 0) is 36.5 Å². The Morgan fingerprint density at radius 1 is 1.31 bits per heavy atom. The van der Waals surface area contributed by atoms with E-state index in [0.717, 1.165) is 23.7 Å². The predicted molar refractivity (Wildman–Crippen MR) is 65.2 cm³/mol. The summed E-state index contributed by atoms with van der Waals surface area (Å²) >= 11 is 0. The summed E-state index contributed by atoms with van der Waals surface area (Å²) < 4.78 is 0. The third kappa shape index (κ3) is 2.99. The monoisotopic (exact) mass is 218 g/mol. The summed E-state index contributed by atoms with van der Waals surface area (Å²) in [5, 5.41) is 3.41. The van der Waals surface area contributed by atoms with Crippen LogP contribution in [-0.4, -0.2) is 12.5 Å². The molecule has 0 spiro atoms. The molecule has 0 heterocycles. The van der Waals surface area contributed by atoms with Gasteiger partial charge in [-0.3, -0.25) is 4.79 Å². The van der Waals surface area contributed by atoms with Gasteiger partial charge in [0.15, 0.2) is 0 Å². The van der Waals surface area contributed by atoms with E-state index < -0.39 is 0 Å². The number of rotatable bonds is 5. The largest absolute Gasteiger partial charge is 0.385 e. The molecule has 86 valence electrons. The molecular formula is C13H18N2O. The molecule has 3 N–H and O–H groups in total. The molecule has 1 aliphatic carbocycles. The summed E-state index contributed by atoms with van der Waals surface area (Å²) in [7, 11) is 0. The quantitative estimate of drug-likeness (QED) is 0.793. The zero-order chi connectivity index (χ0) is 11.4. The molecule has 0 atom stereocenters. The van der Waals surface area contributed by atoms with Crippen LogP contribution < -0.4 is 11.1 Å². The minimum atomic E-state index is -0.282. The molecule has 1 amide bonds. The molecule has 1 aromatic rings. The molecule has 1 saturated carbocycles. The highest BCUT2D eigenvalue weighted by molar-refractivity contribution is 5.76. The first kappa shape index (κ1) is 11.0. The molecule has 0 unspecified atom stereocenters. The van der Waals surface area contributed by atoms with E-state index in [1.54, 1.807) is 0 Å². The molecule has 1 aliphatic rings. The third-order valence-corrected chi connectivity index (χ3v) is 3.15. The average Bonchev–Trinajstić information content (AvgIpc) is 2.17. The average molecular weight is 218 g/mol. The van der Waals surface area contributed by atoms with E-state index in [-0.39, 0.29) is 5.91 Å². The lowest BCUT2D eigenvalue weighted by Gasteiger charge is -2.25. The fourth-order valence-electron chi connectivity index (χ4n) is 1.90. The van der Waals surface area contributed by atoms with Crippen LogP contribution in [0.2, 0.25) is 0 Å². The van der Waals surface area contributed by atoms with Gasteiger partial charge in [0.05, 0.1) is 6.42 Å². The van der Waals surface area contributed by atoms with E-state index in [1.807, 2.05) is 24.3 Å². The number of hydrogen-bond acceptors (Lipinski definition) is 2. The van der Waals surface area contributed by atoms with Gasteiger partial charge in [0.2, 0.25) is 5.91 Å². The lowest BCUT2D eigenvalue weighted by atomic mass is 9.85. The number of nitrogens with one attached hydrogen (secondary N) is 1.